The quantitative estimate of drug-likeness (QED) is 0.828. The van der Waals surface area contributed by atoms with Gasteiger partial charge in [-0.15, -0.1) is 0 Å². The smallest absolute Gasteiger partial charge is 0.352 e. The maximum atomic E-state index is 11.1. The van der Waals surface area contributed by atoms with Crippen LogP contribution in [-0.4, -0.2) is 15.6 Å². The van der Waals surface area contributed by atoms with Crippen LogP contribution in [0.25, 0.3) is 0 Å². The molecule has 0 amide bonds. The van der Waals surface area contributed by atoms with E-state index in [1.54, 1.807) is 0 Å². The van der Waals surface area contributed by atoms with Gasteiger partial charge >= 0.3 is 5.97 Å². The predicted molar refractivity (Wildman–Crippen MR) is 58.1 cm³/mol. The minimum Gasteiger partial charge on any atom is -0.477 e. The van der Waals surface area contributed by atoms with Crippen molar-refractivity contribution < 1.29 is 9.90 Å². The number of hydrogen-bond donors (Lipinski definition) is 1. The number of hydrogen-bond acceptors (Lipinski definition) is 1. The van der Waals surface area contributed by atoms with Crippen LogP contribution < -0.4 is 0 Å². The largest absolute Gasteiger partial charge is 0.477 e. The Morgan fingerprint density at radius 3 is 2.80 bits per heavy atom. The SMILES string of the molecule is Cc1ccn(CC2CCCC2)c1C(=O)O. The van der Waals surface area contributed by atoms with Crippen molar-refractivity contribution in [2.45, 2.75) is 39.2 Å². The van der Waals surface area contributed by atoms with E-state index in [4.69, 9.17) is 5.11 Å². The molecule has 0 aromatic carbocycles. The van der Waals surface area contributed by atoms with E-state index in [9.17, 15) is 4.79 Å². The number of nitrogens with zero attached hydrogens (tertiary/aromatic N) is 1. The van der Waals surface area contributed by atoms with E-state index in [0.29, 0.717) is 11.6 Å². The van der Waals surface area contributed by atoms with Gasteiger partial charge in [0.1, 0.15) is 5.69 Å². The molecular formula is C12H17NO2. The van der Waals surface area contributed by atoms with Crippen molar-refractivity contribution in [1.29, 1.82) is 0 Å². The highest BCUT2D eigenvalue weighted by Crippen LogP contribution is 2.27. The van der Waals surface area contributed by atoms with Crippen molar-refractivity contribution in [3.8, 4) is 0 Å². The van der Waals surface area contributed by atoms with Gasteiger partial charge in [-0.2, -0.15) is 0 Å². The van der Waals surface area contributed by atoms with Gasteiger partial charge < -0.3 is 9.67 Å². The number of aromatic carboxylic acids is 1. The fraction of sp³-hybridized carbons (Fsp3) is 0.583. The molecular weight excluding hydrogens is 190 g/mol. The van der Waals surface area contributed by atoms with Crippen LogP contribution in [-0.2, 0) is 6.54 Å². The molecule has 0 saturated heterocycles. The molecule has 1 fully saturated rings. The summed E-state index contributed by atoms with van der Waals surface area (Å²) in [6.07, 6.45) is 6.99. The Balaban J connectivity index is 2.16. The van der Waals surface area contributed by atoms with Crippen molar-refractivity contribution >= 4 is 5.97 Å². The van der Waals surface area contributed by atoms with E-state index in [-0.39, 0.29) is 0 Å². The lowest BCUT2D eigenvalue weighted by atomic mass is 10.1. The summed E-state index contributed by atoms with van der Waals surface area (Å²) in [5.41, 5.74) is 1.32. The van der Waals surface area contributed by atoms with Crippen LogP contribution >= 0.6 is 0 Å². The van der Waals surface area contributed by atoms with Crippen LogP contribution in [0.3, 0.4) is 0 Å². The molecule has 1 heterocycles. The third-order valence-electron chi connectivity index (χ3n) is 3.30. The molecule has 0 atom stereocenters. The lowest BCUT2D eigenvalue weighted by Crippen LogP contribution is -2.13. The number of rotatable bonds is 3. The van der Waals surface area contributed by atoms with Crippen molar-refractivity contribution in [2.24, 2.45) is 5.92 Å². The van der Waals surface area contributed by atoms with Gasteiger partial charge in [0.2, 0.25) is 0 Å². The highest BCUT2D eigenvalue weighted by atomic mass is 16.4. The molecule has 1 saturated carbocycles. The molecule has 0 radical (unpaired) electrons. The first-order valence-corrected chi connectivity index (χ1v) is 5.57. The third-order valence-corrected chi connectivity index (χ3v) is 3.30. The first-order valence-electron chi connectivity index (χ1n) is 5.57. The average Bonchev–Trinajstić information content (AvgIpc) is 2.76. The summed E-state index contributed by atoms with van der Waals surface area (Å²) in [5, 5.41) is 9.09. The van der Waals surface area contributed by atoms with Gasteiger partial charge in [-0.05, 0) is 37.3 Å². The molecule has 1 aromatic rings. The standard InChI is InChI=1S/C12H17NO2/c1-9-6-7-13(11(9)12(14)15)8-10-4-2-3-5-10/h6-7,10H,2-5,8H2,1H3,(H,14,15). The Morgan fingerprint density at radius 2 is 2.20 bits per heavy atom. The highest BCUT2D eigenvalue weighted by molar-refractivity contribution is 5.87. The maximum Gasteiger partial charge on any atom is 0.352 e. The number of carbonyl (C=O) groups is 1. The summed E-state index contributed by atoms with van der Waals surface area (Å²) in [4.78, 5) is 11.1. The zero-order valence-electron chi connectivity index (χ0n) is 9.07. The van der Waals surface area contributed by atoms with E-state index in [2.05, 4.69) is 0 Å². The molecule has 0 unspecified atom stereocenters. The second-order valence-corrected chi connectivity index (χ2v) is 4.46. The van der Waals surface area contributed by atoms with Crippen LogP contribution in [0, 0.1) is 12.8 Å². The summed E-state index contributed by atoms with van der Waals surface area (Å²) in [5.74, 6) is -0.134. The Labute approximate surface area is 89.7 Å². The average molecular weight is 207 g/mol. The molecule has 0 aliphatic heterocycles. The third kappa shape index (κ3) is 2.06. The van der Waals surface area contributed by atoms with Gasteiger partial charge in [-0.3, -0.25) is 0 Å². The number of carboxylic acid groups (broad SMARTS) is 1. The second-order valence-electron chi connectivity index (χ2n) is 4.46. The van der Waals surface area contributed by atoms with Gasteiger partial charge in [0.15, 0.2) is 0 Å². The monoisotopic (exact) mass is 207 g/mol. The number of aromatic nitrogens is 1. The highest BCUT2D eigenvalue weighted by Gasteiger charge is 2.19. The molecule has 2 rings (SSSR count). The second kappa shape index (κ2) is 4.09. The minimum atomic E-state index is -0.810. The summed E-state index contributed by atoms with van der Waals surface area (Å²) in [6, 6.07) is 1.89. The number of carboxylic acids is 1. The predicted octanol–water partition coefficient (Wildman–Crippen LogP) is 2.68. The molecule has 15 heavy (non-hydrogen) atoms. The molecule has 1 N–H and O–H groups in total. The summed E-state index contributed by atoms with van der Waals surface area (Å²) in [6.45, 7) is 2.73. The molecule has 82 valence electrons. The molecule has 0 bridgehead atoms. The van der Waals surface area contributed by atoms with Crippen LogP contribution in [0.5, 0.6) is 0 Å². The van der Waals surface area contributed by atoms with Gasteiger partial charge in [-0.25, -0.2) is 4.79 Å². The molecule has 3 heteroatoms. The zero-order chi connectivity index (χ0) is 10.8. The van der Waals surface area contributed by atoms with Crippen LogP contribution in [0.2, 0.25) is 0 Å². The Morgan fingerprint density at radius 1 is 1.53 bits per heavy atom. The lowest BCUT2D eigenvalue weighted by Gasteiger charge is -2.12. The Bertz CT molecular complexity index is 362. The van der Waals surface area contributed by atoms with Crippen molar-refractivity contribution in [3.05, 3.63) is 23.5 Å². The van der Waals surface area contributed by atoms with Gasteiger partial charge in [0.25, 0.3) is 0 Å². The summed E-state index contributed by atoms with van der Waals surface area (Å²) in [7, 11) is 0. The van der Waals surface area contributed by atoms with Crippen LogP contribution in [0.4, 0.5) is 0 Å². The van der Waals surface area contributed by atoms with E-state index in [0.717, 1.165) is 12.1 Å². The van der Waals surface area contributed by atoms with E-state index in [1.807, 2.05) is 23.8 Å². The fourth-order valence-electron chi connectivity index (χ4n) is 2.50. The van der Waals surface area contributed by atoms with Gasteiger partial charge in [0.05, 0.1) is 0 Å². The first kappa shape index (κ1) is 10.3. The topological polar surface area (TPSA) is 42.2 Å². The normalized spacial score (nSPS) is 17.1. The van der Waals surface area contributed by atoms with Gasteiger partial charge in [-0.1, -0.05) is 12.8 Å². The molecule has 1 aliphatic carbocycles. The van der Waals surface area contributed by atoms with Crippen LogP contribution in [0.1, 0.15) is 41.7 Å². The van der Waals surface area contributed by atoms with E-state index in [1.165, 1.54) is 25.7 Å². The Hall–Kier alpha value is -1.25. The van der Waals surface area contributed by atoms with Crippen molar-refractivity contribution in [2.75, 3.05) is 0 Å². The summed E-state index contributed by atoms with van der Waals surface area (Å²) < 4.78 is 1.90. The minimum absolute atomic E-state index is 0.460. The lowest BCUT2D eigenvalue weighted by molar-refractivity contribution is 0.0683. The van der Waals surface area contributed by atoms with Crippen molar-refractivity contribution in [3.63, 3.8) is 0 Å². The van der Waals surface area contributed by atoms with E-state index >= 15 is 0 Å². The fourth-order valence-corrected chi connectivity index (χ4v) is 2.50. The van der Waals surface area contributed by atoms with Crippen molar-refractivity contribution in [1.82, 2.24) is 4.57 Å². The van der Waals surface area contributed by atoms with Gasteiger partial charge in [0, 0.05) is 12.7 Å². The maximum absolute atomic E-state index is 11.1. The Kier molecular flexibility index (Phi) is 2.80. The number of aryl methyl sites for hydroxylation is 1. The molecule has 3 nitrogen and oxygen atoms in total. The molecule has 1 aliphatic rings. The molecule has 0 spiro atoms. The zero-order valence-corrected chi connectivity index (χ0v) is 9.07. The first-order chi connectivity index (χ1) is 7.18. The molecule has 1 aromatic heterocycles. The van der Waals surface area contributed by atoms with Crippen LogP contribution in [0.15, 0.2) is 12.3 Å². The van der Waals surface area contributed by atoms with E-state index < -0.39 is 5.97 Å². The summed E-state index contributed by atoms with van der Waals surface area (Å²) >= 11 is 0.